The summed E-state index contributed by atoms with van der Waals surface area (Å²) in [4.78, 5) is 12.0. The molecule has 0 saturated heterocycles. The van der Waals surface area contributed by atoms with Gasteiger partial charge in [-0.3, -0.25) is 4.79 Å². The van der Waals surface area contributed by atoms with Gasteiger partial charge < -0.3 is 15.1 Å². The first-order valence-electron chi connectivity index (χ1n) is 6.15. The largest absolute Gasteiger partial charge is 0.458 e. The Labute approximate surface area is 131 Å². The van der Waals surface area contributed by atoms with Crippen molar-refractivity contribution in [3.8, 4) is 0 Å². The molecule has 0 aliphatic carbocycles. The van der Waals surface area contributed by atoms with Gasteiger partial charge in [0.1, 0.15) is 0 Å². The standard InChI is InChI=1S/C14H13BrN2O2.ClH/c15-11-5-7-19-13(11)14(18)17-10-3-4-12-9(8-10)2-1-6-16-12;/h3-5,7-8,16H,1-2,6H2,(H,17,18);1H. The molecule has 2 aromatic rings. The maximum Gasteiger partial charge on any atom is 0.292 e. The van der Waals surface area contributed by atoms with Crippen LogP contribution in [0.4, 0.5) is 11.4 Å². The summed E-state index contributed by atoms with van der Waals surface area (Å²) in [5, 5.41) is 6.19. The topological polar surface area (TPSA) is 54.3 Å². The molecule has 0 bridgehead atoms. The summed E-state index contributed by atoms with van der Waals surface area (Å²) in [6, 6.07) is 7.61. The minimum Gasteiger partial charge on any atom is -0.458 e. The van der Waals surface area contributed by atoms with Crippen molar-refractivity contribution in [1.82, 2.24) is 0 Å². The summed E-state index contributed by atoms with van der Waals surface area (Å²) in [5.41, 5.74) is 3.18. The van der Waals surface area contributed by atoms with Crippen LogP contribution in [0.5, 0.6) is 0 Å². The van der Waals surface area contributed by atoms with Gasteiger partial charge in [-0.2, -0.15) is 0 Å². The molecule has 4 nitrogen and oxygen atoms in total. The van der Waals surface area contributed by atoms with Crippen LogP contribution < -0.4 is 10.6 Å². The quantitative estimate of drug-likeness (QED) is 0.851. The Kier molecular flexibility index (Phi) is 4.73. The van der Waals surface area contributed by atoms with Gasteiger partial charge in [0.15, 0.2) is 0 Å². The molecule has 1 aliphatic heterocycles. The van der Waals surface area contributed by atoms with E-state index in [2.05, 4.69) is 26.6 Å². The molecular formula is C14H14BrClN2O2. The van der Waals surface area contributed by atoms with Crippen molar-refractivity contribution in [3.63, 3.8) is 0 Å². The van der Waals surface area contributed by atoms with Crippen LogP contribution in [0.2, 0.25) is 0 Å². The lowest BCUT2D eigenvalue weighted by atomic mass is 10.0. The first kappa shape index (κ1) is 14.9. The first-order chi connectivity index (χ1) is 9.24. The lowest BCUT2D eigenvalue weighted by Gasteiger charge is -2.18. The number of hydrogen-bond acceptors (Lipinski definition) is 3. The highest BCUT2D eigenvalue weighted by Gasteiger charge is 2.15. The van der Waals surface area contributed by atoms with Gasteiger partial charge in [0.05, 0.1) is 10.7 Å². The van der Waals surface area contributed by atoms with Crippen molar-refractivity contribution in [3.05, 3.63) is 46.3 Å². The van der Waals surface area contributed by atoms with Gasteiger partial charge in [0.2, 0.25) is 5.76 Å². The number of halogens is 2. The molecule has 0 fully saturated rings. The Morgan fingerprint density at radius 2 is 2.20 bits per heavy atom. The van der Waals surface area contributed by atoms with Gasteiger partial charge in [-0.25, -0.2) is 0 Å². The molecule has 20 heavy (non-hydrogen) atoms. The molecule has 6 heteroatoms. The number of furan rings is 1. The summed E-state index contributed by atoms with van der Waals surface area (Å²) >= 11 is 3.28. The van der Waals surface area contributed by atoms with Crippen molar-refractivity contribution >= 4 is 45.6 Å². The van der Waals surface area contributed by atoms with E-state index in [0.717, 1.165) is 30.8 Å². The second-order valence-electron chi connectivity index (χ2n) is 4.45. The van der Waals surface area contributed by atoms with E-state index in [9.17, 15) is 4.79 Å². The number of carbonyl (C=O) groups is 1. The molecule has 2 N–H and O–H groups in total. The third-order valence-electron chi connectivity index (χ3n) is 3.12. The summed E-state index contributed by atoms with van der Waals surface area (Å²) in [6.45, 7) is 1.01. The maximum absolute atomic E-state index is 12.0. The molecule has 0 saturated carbocycles. The van der Waals surface area contributed by atoms with Crippen molar-refractivity contribution in [1.29, 1.82) is 0 Å². The zero-order valence-electron chi connectivity index (χ0n) is 10.6. The number of carbonyl (C=O) groups excluding carboxylic acids is 1. The molecule has 0 spiro atoms. The normalized spacial score (nSPS) is 12.8. The third-order valence-corrected chi connectivity index (χ3v) is 3.75. The number of aryl methyl sites for hydroxylation is 1. The summed E-state index contributed by atoms with van der Waals surface area (Å²) in [6.07, 6.45) is 3.64. The number of anilines is 2. The van der Waals surface area contributed by atoms with E-state index >= 15 is 0 Å². The minimum atomic E-state index is -0.249. The van der Waals surface area contributed by atoms with Crippen molar-refractivity contribution in [2.24, 2.45) is 0 Å². The number of benzene rings is 1. The highest BCUT2D eigenvalue weighted by molar-refractivity contribution is 9.10. The molecule has 0 atom stereocenters. The number of rotatable bonds is 2. The van der Waals surface area contributed by atoms with Gasteiger partial charge >= 0.3 is 0 Å². The zero-order valence-corrected chi connectivity index (χ0v) is 13.0. The van der Waals surface area contributed by atoms with Crippen LogP contribution in [0.25, 0.3) is 0 Å². The number of fused-ring (bicyclic) bond motifs is 1. The van der Waals surface area contributed by atoms with Gasteiger partial charge in [-0.15, -0.1) is 12.4 Å². The Morgan fingerprint density at radius 3 is 2.95 bits per heavy atom. The molecule has 0 radical (unpaired) electrons. The van der Waals surface area contributed by atoms with Crippen LogP contribution in [0.3, 0.4) is 0 Å². The van der Waals surface area contributed by atoms with Gasteiger partial charge in [0.25, 0.3) is 5.91 Å². The molecule has 106 valence electrons. The summed E-state index contributed by atoms with van der Waals surface area (Å²) in [5.74, 6) is 0.0384. The second kappa shape index (κ2) is 6.33. The van der Waals surface area contributed by atoms with Crippen molar-refractivity contribution < 1.29 is 9.21 Å². The Morgan fingerprint density at radius 1 is 1.35 bits per heavy atom. The predicted molar refractivity (Wildman–Crippen MR) is 84.9 cm³/mol. The van der Waals surface area contributed by atoms with E-state index in [4.69, 9.17) is 4.42 Å². The predicted octanol–water partition coefficient (Wildman–Crippen LogP) is 4.07. The number of nitrogens with one attached hydrogen (secondary N) is 2. The summed E-state index contributed by atoms with van der Waals surface area (Å²) in [7, 11) is 0. The molecule has 2 heterocycles. The smallest absolute Gasteiger partial charge is 0.292 e. The van der Waals surface area contributed by atoms with Crippen molar-refractivity contribution in [2.45, 2.75) is 12.8 Å². The van der Waals surface area contributed by atoms with E-state index in [1.807, 2.05) is 18.2 Å². The van der Waals surface area contributed by atoms with Crippen LogP contribution in [0.15, 0.2) is 39.4 Å². The van der Waals surface area contributed by atoms with Gasteiger partial charge in [-0.1, -0.05) is 0 Å². The molecule has 1 aliphatic rings. The monoisotopic (exact) mass is 356 g/mol. The maximum atomic E-state index is 12.0. The Hall–Kier alpha value is -1.46. The van der Waals surface area contributed by atoms with E-state index in [1.54, 1.807) is 6.07 Å². The highest BCUT2D eigenvalue weighted by atomic mass is 79.9. The SMILES string of the molecule is Cl.O=C(Nc1ccc2c(c1)CCCN2)c1occc1Br. The Balaban J connectivity index is 0.00000147. The van der Waals surface area contributed by atoms with Crippen LogP contribution in [0.1, 0.15) is 22.5 Å². The minimum absolute atomic E-state index is 0. The van der Waals surface area contributed by atoms with Crippen LogP contribution in [0, 0.1) is 0 Å². The average Bonchev–Trinajstić information content (AvgIpc) is 2.85. The summed E-state index contributed by atoms with van der Waals surface area (Å²) < 4.78 is 5.80. The van der Waals surface area contributed by atoms with Crippen LogP contribution >= 0.6 is 28.3 Å². The van der Waals surface area contributed by atoms with Gasteiger partial charge in [-0.05, 0) is 58.6 Å². The fourth-order valence-corrected chi connectivity index (χ4v) is 2.58. The fraction of sp³-hybridized carbons (Fsp3) is 0.214. The molecule has 1 aromatic carbocycles. The van der Waals surface area contributed by atoms with Crippen molar-refractivity contribution in [2.75, 3.05) is 17.2 Å². The molecular weight excluding hydrogens is 344 g/mol. The molecule has 1 aromatic heterocycles. The molecule has 1 amide bonds. The second-order valence-corrected chi connectivity index (χ2v) is 5.31. The zero-order chi connectivity index (χ0) is 13.2. The number of hydrogen-bond donors (Lipinski definition) is 2. The molecule has 0 unspecified atom stereocenters. The van der Waals surface area contributed by atoms with E-state index in [0.29, 0.717) is 4.47 Å². The lowest BCUT2D eigenvalue weighted by Crippen LogP contribution is -2.14. The molecule has 3 rings (SSSR count). The highest BCUT2D eigenvalue weighted by Crippen LogP contribution is 2.26. The van der Waals surface area contributed by atoms with Crippen LogP contribution in [-0.2, 0) is 6.42 Å². The van der Waals surface area contributed by atoms with E-state index < -0.39 is 0 Å². The number of amides is 1. The van der Waals surface area contributed by atoms with E-state index in [1.165, 1.54) is 11.8 Å². The lowest BCUT2D eigenvalue weighted by molar-refractivity contribution is 0.0995. The van der Waals surface area contributed by atoms with Crippen LogP contribution in [-0.4, -0.2) is 12.5 Å². The van der Waals surface area contributed by atoms with E-state index in [-0.39, 0.29) is 24.1 Å². The Bertz CT molecular complexity index is 627. The average molecular weight is 358 g/mol. The first-order valence-corrected chi connectivity index (χ1v) is 6.94. The fourth-order valence-electron chi connectivity index (χ4n) is 2.20. The van der Waals surface area contributed by atoms with Gasteiger partial charge in [0, 0.05) is 17.9 Å². The third kappa shape index (κ3) is 2.99.